The zero-order valence-corrected chi connectivity index (χ0v) is 14.4. The van der Waals surface area contributed by atoms with Crippen LogP contribution in [0.15, 0.2) is 12.4 Å². The fraction of sp³-hybridized carbons (Fsp3) is 0.750. The molecule has 7 heteroatoms. The maximum Gasteiger partial charge on any atom is 0.410 e. The van der Waals surface area contributed by atoms with Crippen LogP contribution in [0.2, 0.25) is 0 Å². The van der Waals surface area contributed by atoms with Gasteiger partial charge in [0.25, 0.3) is 0 Å². The zero-order valence-electron chi connectivity index (χ0n) is 14.4. The summed E-state index contributed by atoms with van der Waals surface area (Å²) < 4.78 is 12.8. The van der Waals surface area contributed by atoms with E-state index in [9.17, 15) is 9.90 Å². The van der Waals surface area contributed by atoms with Gasteiger partial charge in [-0.05, 0) is 27.2 Å². The number of aliphatic hydroxyl groups is 1. The van der Waals surface area contributed by atoms with Crippen LogP contribution < -0.4 is 0 Å². The maximum atomic E-state index is 12.4. The Balaban J connectivity index is 2.17. The standard InChI is InChI=1S/C16H27N3O4/c1-5-7-18-8-6-17-14(18)13(20)12-11-22-10-9-19(12)15(21)23-16(2,3)4/h6,8,12-13,20H,5,7,9-11H2,1-4H3. The fourth-order valence-electron chi connectivity index (χ4n) is 2.62. The predicted octanol–water partition coefficient (Wildman–Crippen LogP) is 1.96. The van der Waals surface area contributed by atoms with Crippen LogP contribution in [0, 0.1) is 0 Å². The van der Waals surface area contributed by atoms with Crippen LogP contribution in [0.3, 0.4) is 0 Å². The summed E-state index contributed by atoms with van der Waals surface area (Å²) in [6.45, 7) is 9.40. The molecule has 1 aliphatic rings. The van der Waals surface area contributed by atoms with E-state index in [0.717, 1.165) is 13.0 Å². The molecule has 130 valence electrons. The number of amides is 1. The maximum absolute atomic E-state index is 12.4. The molecule has 1 aromatic heterocycles. The number of imidazole rings is 1. The van der Waals surface area contributed by atoms with Gasteiger partial charge < -0.3 is 19.1 Å². The minimum Gasteiger partial charge on any atom is -0.444 e. The highest BCUT2D eigenvalue weighted by atomic mass is 16.6. The van der Waals surface area contributed by atoms with E-state index in [-0.39, 0.29) is 6.61 Å². The van der Waals surface area contributed by atoms with Crippen molar-refractivity contribution >= 4 is 6.09 Å². The second-order valence-electron chi connectivity index (χ2n) is 6.74. The van der Waals surface area contributed by atoms with E-state index >= 15 is 0 Å². The van der Waals surface area contributed by atoms with Gasteiger partial charge in [0.05, 0.1) is 19.3 Å². The summed E-state index contributed by atoms with van der Waals surface area (Å²) >= 11 is 0. The number of aliphatic hydroxyl groups excluding tert-OH is 1. The number of carbonyl (C=O) groups excluding carboxylic acids is 1. The van der Waals surface area contributed by atoms with Crippen molar-refractivity contribution in [3.63, 3.8) is 0 Å². The molecule has 0 bridgehead atoms. The first-order chi connectivity index (χ1) is 10.8. The van der Waals surface area contributed by atoms with Gasteiger partial charge >= 0.3 is 6.09 Å². The summed E-state index contributed by atoms with van der Waals surface area (Å²) in [5.41, 5.74) is -0.578. The third-order valence-electron chi connectivity index (χ3n) is 3.63. The molecule has 1 fully saturated rings. The highest BCUT2D eigenvalue weighted by Gasteiger charge is 2.37. The second-order valence-corrected chi connectivity index (χ2v) is 6.74. The van der Waals surface area contributed by atoms with Crippen LogP contribution >= 0.6 is 0 Å². The first-order valence-electron chi connectivity index (χ1n) is 8.10. The van der Waals surface area contributed by atoms with Crippen molar-refractivity contribution in [2.24, 2.45) is 0 Å². The Morgan fingerprint density at radius 2 is 2.30 bits per heavy atom. The summed E-state index contributed by atoms with van der Waals surface area (Å²) in [7, 11) is 0. The zero-order chi connectivity index (χ0) is 17.0. The molecule has 1 saturated heterocycles. The normalized spacial score (nSPS) is 20.4. The number of ether oxygens (including phenoxy) is 2. The van der Waals surface area contributed by atoms with Crippen molar-refractivity contribution in [2.45, 2.75) is 58.4 Å². The quantitative estimate of drug-likeness (QED) is 0.916. The SMILES string of the molecule is CCCn1ccnc1C(O)C1COCCN1C(=O)OC(C)(C)C. The summed E-state index contributed by atoms with van der Waals surface area (Å²) in [6, 6.07) is -0.503. The Bertz CT molecular complexity index is 524. The molecule has 1 aromatic rings. The highest BCUT2D eigenvalue weighted by molar-refractivity contribution is 5.68. The van der Waals surface area contributed by atoms with Crippen molar-refractivity contribution in [3.05, 3.63) is 18.2 Å². The molecule has 0 aliphatic carbocycles. The Labute approximate surface area is 137 Å². The van der Waals surface area contributed by atoms with E-state index in [0.29, 0.717) is 19.0 Å². The average molecular weight is 325 g/mol. The summed E-state index contributed by atoms with van der Waals surface area (Å²) in [4.78, 5) is 18.2. The number of rotatable bonds is 4. The van der Waals surface area contributed by atoms with E-state index < -0.39 is 23.8 Å². The molecule has 7 nitrogen and oxygen atoms in total. The largest absolute Gasteiger partial charge is 0.444 e. The van der Waals surface area contributed by atoms with Crippen LogP contribution in [0.4, 0.5) is 4.79 Å². The van der Waals surface area contributed by atoms with E-state index in [1.165, 1.54) is 0 Å². The van der Waals surface area contributed by atoms with Gasteiger partial charge in [-0.3, -0.25) is 4.90 Å². The molecule has 1 N–H and O–H groups in total. The summed E-state index contributed by atoms with van der Waals surface area (Å²) in [5.74, 6) is 0.552. The van der Waals surface area contributed by atoms with Crippen molar-refractivity contribution in [1.82, 2.24) is 14.5 Å². The lowest BCUT2D eigenvalue weighted by Crippen LogP contribution is -2.53. The molecule has 2 rings (SSSR count). The first-order valence-corrected chi connectivity index (χ1v) is 8.10. The highest BCUT2D eigenvalue weighted by Crippen LogP contribution is 2.24. The topological polar surface area (TPSA) is 76.8 Å². The number of carbonyl (C=O) groups is 1. The van der Waals surface area contributed by atoms with E-state index in [1.54, 1.807) is 11.1 Å². The van der Waals surface area contributed by atoms with Crippen LogP contribution in [0.1, 0.15) is 46.0 Å². The Morgan fingerprint density at radius 3 is 2.96 bits per heavy atom. The Kier molecular flexibility index (Phi) is 5.64. The Hall–Kier alpha value is -1.60. The molecule has 1 aliphatic heterocycles. The van der Waals surface area contributed by atoms with Gasteiger partial charge in [0.1, 0.15) is 17.5 Å². The van der Waals surface area contributed by atoms with Crippen LogP contribution in [0.25, 0.3) is 0 Å². The summed E-state index contributed by atoms with van der Waals surface area (Å²) in [6.07, 6.45) is 3.09. The third-order valence-corrected chi connectivity index (χ3v) is 3.63. The van der Waals surface area contributed by atoms with Crippen molar-refractivity contribution in [3.8, 4) is 0 Å². The molecular formula is C16H27N3O4. The number of morpholine rings is 1. The van der Waals surface area contributed by atoms with Crippen LogP contribution in [-0.4, -0.2) is 57.1 Å². The molecular weight excluding hydrogens is 298 g/mol. The van der Waals surface area contributed by atoms with E-state index in [4.69, 9.17) is 9.47 Å². The van der Waals surface area contributed by atoms with Gasteiger partial charge in [-0.15, -0.1) is 0 Å². The molecule has 0 radical (unpaired) electrons. The molecule has 0 aromatic carbocycles. The molecule has 0 saturated carbocycles. The van der Waals surface area contributed by atoms with Gasteiger partial charge in [-0.2, -0.15) is 0 Å². The number of aryl methyl sites for hydroxylation is 1. The molecule has 23 heavy (non-hydrogen) atoms. The van der Waals surface area contributed by atoms with Gasteiger partial charge in [0.15, 0.2) is 0 Å². The van der Waals surface area contributed by atoms with Gasteiger partial charge in [-0.1, -0.05) is 6.92 Å². The monoisotopic (exact) mass is 325 g/mol. The second kappa shape index (κ2) is 7.31. The number of hydrogen-bond acceptors (Lipinski definition) is 5. The molecule has 2 unspecified atom stereocenters. The lowest BCUT2D eigenvalue weighted by Gasteiger charge is -2.38. The van der Waals surface area contributed by atoms with E-state index in [1.807, 2.05) is 31.5 Å². The van der Waals surface area contributed by atoms with Gasteiger partial charge in [0.2, 0.25) is 0 Å². The number of aromatic nitrogens is 2. The van der Waals surface area contributed by atoms with Crippen molar-refractivity contribution in [2.75, 3.05) is 19.8 Å². The predicted molar refractivity (Wildman–Crippen MR) is 85.0 cm³/mol. The Morgan fingerprint density at radius 1 is 1.57 bits per heavy atom. The molecule has 1 amide bonds. The third kappa shape index (κ3) is 4.45. The van der Waals surface area contributed by atoms with Gasteiger partial charge in [0, 0.05) is 25.5 Å². The number of nitrogens with zero attached hydrogens (tertiary/aromatic N) is 3. The van der Waals surface area contributed by atoms with Crippen molar-refractivity contribution < 1.29 is 19.4 Å². The fourth-order valence-corrected chi connectivity index (χ4v) is 2.62. The van der Waals surface area contributed by atoms with Gasteiger partial charge in [-0.25, -0.2) is 9.78 Å². The molecule has 0 spiro atoms. The summed E-state index contributed by atoms with van der Waals surface area (Å²) in [5, 5.41) is 10.7. The minimum absolute atomic E-state index is 0.263. The molecule has 2 atom stereocenters. The lowest BCUT2D eigenvalue weighted by molar-refractivity contribution is -0.0696. The smallest absolute Gasteiger partial charge is 0.410 e. The molecule has 2 heterocycles. The van der Waals surface area contributed by atoms with E-state index in [2.05, 4.69) is 11.9 Å². The first kappa shape index (κ1) is 17.7. The minimum atomic E-state index is -0.913. The van der Waals surface area contributed by atoms with Crippen LogP contribution in [0.5, 0.6) is 0 Å². The average Bonchev–Trinajstić information content (AvgIpc) is 2.93. The lowest BCUT2D eigenvalue weighted by atomic mass is 10.1. The van der Waals surface area contributed by atoms with Crippen molar-refractivity contribution in [1.29, 1.82) is 0 Å². The van der Waals surface area contributed by atoms with Crippen LogP contribution in [-0.2, 0) is 16.0 Å². The number of hydrogen-bond donors (Lipinski definition) is 1.